The minimum Gasteiger partial charge on any atom is -0.496 e. The van der Waals surface area contributed by atoms with Crippen molar-refractivity contribution in [3.8, 4) is 5.75 Å². The van der Waals surface area contributed by atoms with Crippen LogP contribution < -0.4 is 15.0 Å². The Morgan fingerprint density at radius 1 is 1.14 bits per heavy atom. The number of piperazine rings is 1. The first-order valence-corrected chi connectivity index (χ1v) is 9.93. The van der Waals surface area contributed by atoms with Crippen molar-refractivity contribution >= 4 is 11.8 Å². The molecule has 1 aromatic carbocycles. The van der Waals surface area contributed by atoms with Gasteiger partial charge in [-0.1, -0.05) is 31.2 Å². The second-order valence-electron chi connectivity index (χ2n) is 7.73. The fourth-order valence-corrected chi connectivity index (χ4v) is 4.13. The fraction of sp³-hybridized carbons (Fsp3) is 0.455. The second kappa shape index (κ2) is 7.70. The lowest BCUT2D eigenvalue weighted by molar-refractivity contribution is 0.369. The molecule has 28 heavy (non-hydrogen) atoms. The number of aromatic nitrogens is 1. The fourth-order valence-electron chi connectivity index (χ4n) is 4.13. The van der Waals surface area contributed by atoms with Gasteiger partial charge in [-0.25, -0.2) is 4.98 Å². The number of para-hydroxylation sites is 1. The van der Waals surface area contributed by atoms with E-state index in [2.05, 4.69) is 50.2 Å². The Bertz CT molecular complexity index is 832. The molecule has 0 amide bonds. The number of ether oxygens (including phenoxy) is 1. The number of pyridine rings is 1. The molecule has 2 fully saturated rings. The molecule has 6 nitrogen and oxygen atoms in total. The van der Waals surface area contributed by atoms with Gasteiger partial charge in [-0.15, -0.1) is 0 Å². The van der Waals surface area contributed by atoms with Gasteiger partial charge in [-0.05, 0) is 24.6 Å². The van der Waals surface area contributed by atoms with Crippen molar-refractivity contribution in [3.05, 3.63) is 54.2 Å². The maximum Gasteiger partial charge on any atom is 0.194 e. The second-order valence-corrected chi connectivity index (χ2v) is 7.73. The van der Waals surface area contributed by atoms with Crippen LogP contribution in [0.3, 0.4) is 0 Å². The molecule has 1 N–H and O–H groups in total. The average Bonchev–Trinajstić information content (AvgIpc) is 3.43. The highest BCUT2D eigenvalue weighted by Crippen LogP contribution is 2.51. The molecule has 6 heteroatoms. The van der Waals surface area contributed by atoms with Gasteiger partial charge in [0.1, 0.15) is 11.6 Å². The zero-order valence-electron chi connectivity index (χ0n) is 16.9. The number of anilines is 1. The molecule has 0 spiro atoms. The zero-order chi connectivity index (χ0) is 19.6. The van der Waals surface area contributed by atoms with Crippen LogP contribution in [0.15, 0.2) is 53.7 Å². The molecular formula is C22H29N5O. The molecule has 4 rings (SSSR count). The van der Waals surface area contributed by atoms with Crippen molar-refractivity contribution in [2.45, 2.75) is 24.8 Å². The molecule has 1 aromatic heterocycles. The highest BCUT2D eigenvalue weighted by atomic mass is 16.5. The van der Waals surface area contributed by atoms with Crippen LogP contribution in [0.2, 0.25) is 0 Å². The quantitative estimate of drug-likeness (QED) is 0.654. The number of aliphatic imine (C=N–C) groups is 1. The van der Waals surface area contributed by atoms with E-state index in [1.165, 1.54) is 5.56 Å². The molecular weight excluding hydrogens is 350 g/mol. The summed E-state index contributed by atoms with van der Waals surface area (Å²) in [6.45, 7) is 6.08. The lowest BCUT2D eigenvalue weighted by Crippen LogP contribution is -2.53. The number of rotatable bonds is 4. The van der Waals surface area contributed by atoms with Crippen LogP contribution in [0, 0.1) is 0 Å². The first-order valence-electron chi connectivity index (χ1n) is 9.93. The van der Waals surface area contributed by atoms with E-state index in [-0.39, 0.29) is 5.41 Å². The number of guanidine groups is 1. The molecule has 2 unspecified atom stereocenters. The van der Waals surface area contributed by atoms with Gasteiger partial charge in [-0.3, -0.25) is 4.99 Å². The Morgan fingerprint density at radius 3 is 2.57 bits per heavy atom. The minimum atomic E-state index is 0.0817. The zero-order valence-corrected chi connectivity index (χ0v) is 16.9. The molecule has 2 aliphatic rings. The van der Waals surface area contributed by atoms with Gasteiger partial charge in [0.2, 0.25) is 0 Å². The SMILES string of the molecule is CN=C(NC1CC1(C)c1ccccc1OC)N1CCN(c2ccccn2)CC1. The van der Waals surface area contributed by atoms with Crippen molar-refractivity contribution in [2.24, 2.45) is 4.99 Å². The lowest BCUT2D eigenvalue weighted by atomic mass is 9.96. The smallest absolute Gasteiger partial charge is 0.194 e. The number of benzene rings is 1. The highest BCUT2D eigenvalue weighted by molar-refractivity contribution is 5.81. The van der Waals surface area contributed by atoms with Crippen LogP contribution in [0.5, 0.6) is 5.75 Å². The maximum atomic E-state index is 5.58. The monoisotopic (exact) mass is 379 g/mol. The first-order chi connectivity index (χ1) is 13.7. The summed E-state index contributed by atoms with van der Waals surface area (Å²) in [5.74, 6) is 3.01. The van der Waals surface area contributed by atoms with E-state index in [0.717, 1.165) is 50.1 Å². The molecule has 2 atom stereocenters. The van der Waals surface area contributed by atoms with Gasteiger partial charge in [-0.2, -0.15) is 0 Å². The molecule has 1 aliphatic carbocycles. The minimum absolute atomic E-state index is 0.0817. The van der Waals surface area contributed by atoms with Crippen molar-refractivity contribution in [1.82, 2.24) is 15.2 Å². The summed E-state index contributed by atoms with van der Waals surface area (Å²) in [7, 11) is 3.61. The summed E-state index contributed by atoms with van der Waals surface area (Å²) in [5.41, 5.74) is 1.35. The third-order valence-electron chi connectivity index (χ3n) is 6.03. The Balaban J connectivity index is 1.38. The van der Waals surface area contributed by atoms with E-state index in [9.17, 15) is 0 Å². The standard InChI is InChI=1S/C22H29N5O/c1-22(17-8-4-5-9-18(17)28-3)16-19(22)25-21(23-2)27-14-12-26(13-15-27)20-10-6-7-11-24-20/h4-11,19H,12-16H2,1-3H3,(H,23,25). The van der Waals surface area contributed by atoms with Crippen LogP contribution in [0.1, 0.15) is 18.9 Å². The highest BCUT2D eigenvalue weighted by Gasteiger charge is 2.53. The summed E-state index contributed by atoms with van der Waals surface area (Å²) >= 11 is 0. The largest absolute Gasteiger partial charge is 0.496 e. The summed E-state index contributed by atoms with van der Waals surface area (Å²) in [6, 6.07) is 14.8. The van der Waals surface area contributed by atoms with Crippen LogP contribution in [0.25, 0.3) is 0 Å². The van der Waals surface area contributed by atoms with Crippen LogP contribution in [0.4, 0.5) is 5.82 Å². The van der Waals surface area contributed by atoms with Gasteiger partial charge < -0.3 is 19.9 Å². The van der Waals surface area contributed by atoms with E-state index in [1.807, 2.05) is 37.5 Å². The normalized spacial score (nSPS) is 24.8. The molecule has 0 bridgehead atoms. The van der Waals surface area contributed by atoms with E-state index >= 15 is 0 Å². The molecule has 1 saturated carbocycles. The van der Waals surface area contributed by atoms with Crippen molar-refractivity contribution < 1.29 is 4.74 Å². The van der Waals surface area contributed by atoms with E-state index in [0.29, 0.717) is 6.04 Å². The molecule has 2 heterocycles. The van der Waals surface area contributed by atoms with Crippen molar-refractivity contribution in [1.29, 1.82) is 0 Å². The number of methoxy groups -OCH3 is 1. The third-order valence-corrected chi connectivity index (χ3v) is 6.03. The van der Waals surface area contributed by atoms with E-state index < -0.39 is 0 Å². The first kappa shape index (κ1) is 18.6. The van der Waals surface area contributed by atoms with Gasteiger partial charge in [0.25, 0.3) is 0 Å². The van der Waals surface area contributed by atoms with Gasteiger partial charge in [0, 0.05) is 56.4 Å². The topological polar surface area (TPSA) is 53.0 Å². The molecule has 0 radical (unpaired) electrons. The predicted molar refractivity (Wildman–Crippen MR) is 113 cm³/mol. The van der Waals surface area contributed by atoms with Crippen LogP contribution >= 0.6 is 0 Å². The molecule has 1 saturated heterocycles. The van der Waals surface area contributed by atoms with Gasteiger partial charge >= 0.3 is 0 Å². The number of hydrogen-bond acceptors (Lipinski definition) is 4. The molecule has 148 valence electrons. The Labute approximate surface area is 167 Å². The number of nitrogens with zero attached hydrogens (tertiary/aromatic N) is 4. The predicted octanol–water partition coefficient (Wildman–Crippen LogP) is 2.52. The van der Waals surface area contributed by atoms with Crippen molar-refractivity contribution in [3.63, 3.8) is 0 Å². The van der Waals surface area contributed by atoms with Crippen molar-refractivity contribution in [2.75, 3.05) is 45.2 Å². The number of hydrogen-bond donors (Lipinski definition) is 1. The van der Waals surface area contributed by atoms with Gasteiger partial charge in [0.15, 0.2) is 5.96 Å². The molecule has 2 aromatic rings. The lowest BCUT2D eigenvalue weighted by Gasteiger charge is -2.37. The van der Waals surface area contributed by atoms with Crippen LogP contribution in [-0.2, 0) is 5.41 Å². The average molecular weight is 380 g/mol. The van der Waals surface area contributed by atoms with E-state index in [4.69, 9.17) is 4.74 Å². The Hall–Kier alpha value is -2.76. The Morgan fingerprint density at radius 2 is 1.89 bits per heavy atom. The Kier molecular flexibility index (Phi) is 5.11. The van der Waals surface area contributed by atoms with Gasteiger partial charge in [0.05, 0.1) is 7.11 Å². The van der Waals surface area contributed by atoms with E-state index in [1.54, 1.807) is 7.11 Å². The third kappa shape index (κ3) is 3.51. The molecule has 1 aliphatic heterocycles. The maximum absolute atomic E-state index is 5.58. The van der Waals surface area contributed by atoms with Crippen LogP contribution in [-0.4, -0.2) is 62.2 Å². The summed E-state index contributed by atoms with van der Waals surface area (Å²) in [4.78, 5) is 13.7. The summed E-state index contributed by atoms with van der Waals surface area (Å²) in [6.07, 6.45) is 2.94. The number of nitrogens with one attached hydrogen (secondary N) is 1. The summed E-state index contributed by atoms with van der Waals surface area (Å²) < 4.78 is 5.58. The summed E-state index contributed by atoms with van der Waals surface area (Å²) in [5, 5.41) is 3.69.